The second-order valence-corrected chi connectivity index (χ2v) is 10.1. The van der Waals surface area contributed by atoms with Crippen molar-refractivity contribution in [1.29, 1.82) is 0 Å². The molecule has 2 saturated heterocycles. The minimum absolute atomic E-state index is 0.222. The third kappa shape index (κ3) is 3.91. The van der Waals surface area contributed by atoms with Gasteiger partial charge in [-0.25, -0.2) is 4.79 Å². The summed E-state index contributed by atoms with van der Waals surface area (Å²) < 4.78 is 5.63. The van der Waals surface area contributed by atoms with E-state index < -0.39 is 0 Å². The van der Waals surface area contributed by atoms with Crippen LogP contribution in [0.5, 0.6) is 5.75 Å². The average Bonchev–Trinajstić information content (AvgIpc) is 2.77. The predicted octanol–water partition coefficient (Wildman–Crippen LogP) is 4.38. The van der Waals surface area contributed by atoms with E-state index in [2.05, 4.69) is 16.8 Å². The molecular formula is C26H36N2O3. The monoisotopic (exact) mass is 424 g/mol. The van der Waals surface area contributed by atoms with Gasteiger partial charge in [0, 0.05) is 30.3 Å². The first-order chi connectivity index (χ1) is 15.0. The summed E-state index contributed by atoms with van der Waals surface area (Å²) in [4.78, 5) is 17.6. The van der Waals surface area contributed by atoms with Gasteiger partial charge in [-0.3, -0.25) is 0 Å². The molecule has 0 spiro atoms. The number of benzene rings is 1. The van der Waals surface area contributed by atoms with Crippen molar-refractivity contribution in [1.82, 2.24) is 9.80 Å². The summed E-state index contributed by atoms with van der Waals surface area (Å²) in [5.74, 6) is 1.04. The quantitative estimate of drug-likeness (QED) is 0.738. The summed E-state index contributed by atoms with van der Waals surface area (Å²) in [6.45, 7) is 6.35. The Labute approximate surface area is 185 Å². The van der Waals surface area contributed by atoms with Crippen molar-refractivity contribution in [2.24, 2.45) is 5.92 Å². The molecule has 1 aromatic carbocycles. The summed E-state index contributed by atoms with van der Waals surface area (Å²) in [6, 6.07) is 2.69. The molecule has 5 heteroatoms. The Balaban J connectivity index is 1.42. The number of aryl methyl sites for hydroxylation is 2. The lowest BCUT2D eigenvalue weighted by Crippen LogP contribution is -2.50. The zero-order chi connectivity index (χ0) is 21.5. The van der Waals surface area contributed by atoms with E-state index in [-0.39, 0.29) is 5.63 Å². The maximum atomic E-state index is 12.4. The summed E-state index contributed by atoms with van der Waals surface area (Å²) >= 11 is 0. The van der Waals surface area contributed by atoms with Crippen LogP contribution in [-0.2, 0) is 19.4 Å². The molecule has 2 aliphatic heterocycles. The number of hydrogen-bond acceptors (Lipinski definition) is 5. The van der Waals surface area contributed by atoms with E-state index in [0.717, 1.165) is 72.5 Å². The van der Waals surface area contributed by atoms with Gasteiger partial charge >= 0.3 is 5.63 Å². The molecule has 2 fully saturated rings. The molecule has 3 aliphatic rings. The molecule has 31 heavy (non-hydrogen) atoms. The Morgan fingerprint density at radius 2 is 1.87 bits per heavy atom. The summed E-state index contributed by atoms with van der Waals surface area (Å²) in [5.41, 5.74) is 4.09. The lowest BCUT2D eigenvalue weighted by molar-refractivity contribution is 0.0434. The third-order valence-corrected chi connectivity index (χ3v) is 8.01. The first-order valence-corrected chi connectivity index (χ1v) is 12.3. The topological polar surface area (TPSA) is 56.9 Å². The molecule has 1 aromatic heterocycles. The van der Waals surface area contributed by atoms with Crippen LogP contribution in [0.25, 0.3) is 11.0 Å². The highest BCUT2D eigenvalue weighted by Gasteiger charge is 2.33. The second-order valence-electron chi connectivity index (χ2n) is 10.1. The van der Waals surface area contributed by atoms with Crippen molar-refractivity contribution >= 4 is 11.0 Å². The van der Waals surface area contributed by atoms with Gasteiger partial charge in [-0.2, -0.15) is 0 Å². The SMILES string of the molecule is Cc1cc2oc(=O)c3c(c2c(O)c1CN(C)CC1CCCN2CCCCC12)CCCC3. The molecule has 168 valence electrons. The number of piperidine rings is 2. The van der Waals surface area contributed by atoms with Crippen LogP contribution in [-0.4, -0.2) is 47.6 Å². The van der Waals surface area contributed by atoms with E-state index in [9.17, 15) is 9.90 Å². The minimum Gasteiger partial charge on any atom is -0.507 e. The van der Waals surface area contributed by atoms with Crippen LogP contribution in [0.1, 0.15) is 67.2 Å². The number of phenolic OH excluding ortho intramolecular Hbond substituents is 1. The number of phenols is 1. The molecule has 5 rings (SSSR count). The fourth-order valence-electron chi connectivity index (χ4n) is 6.47. The van der Waals surface area contributed by atoms with Crippen molar-refractivity contribution in [2.45, 2.75) is 77.3 Å². The van der Waals surface area contributed by atoms with Crippen molar-refractivity contribution in [3.05, 3.63) is 38.7 Å². The first-order valence-electron chi connectivity index (χ1n) is 12.3. The maximum Gasteiger partial charge on any atom is 0.339 e. The number of fused-ring (bicyclic) bond motifs is 4. The number of hydrogen-bond donors (Lipinski definition) is 1. The van der Waals surface area contributed by atoms with E-state index in [4.69, 9.17) is 4.42 Å². The summed E-state index contributed by atoms with van der Waals surface area (Å²) in [6.07, 6.45) is 10.4. The normalized spacial score (nSPS) is 24.4. The smallest absolute Gasteiger partial charge is 0.339 e. The van der Waals surface area contributed by atoms with Gasteiger partial charge in [-0.15, -0.1) is 0 Å². The van der Waals surface area contributed by atoms with E-state index >= 15 is 0 Å². The molecule has 0 bridgehead atoms. The number of aromatic hydroxyl groups is 1. The highest BCUT2D eigenvalue weighted by Crippen LogP contribution is 2.38. The zero-order valence-corrected chi connectivity index (χ0v) is 19.1. The van der Waals surface area contributed by atoms with Crippen molar-refractivity contribution in [3.63, 3.8) is 0 Å². The highest BCUT2D eigenvalue weighted by atomic mass is 16.4. The Bertz CT molecular complexity index is 1030. The second kappa shape index (κ2) is 8.59. The van der Waals surface area contributed by atoms with Gasteiger partial charge < -0.3 is 19.3 Å². The molecule has 1 N–H and O–H groups in total. The lowest BCUT2D eigenvalue weighted by atomic mass is 9.83. The maximum absolute atomic E-state index is 12.4. The Morgan fingerprint density at radius 3 is 2.71 bits per heavy atom. The molecule has 5 nitrogen and oxygen atoms in total. The third-order valence-electron chi connectivity index (χ3n) is 8.01. The van der Waals surface area contributed by atoms with Gasteiger partial charge in [0.15, 0.2) is 0 Å². The molecule has 0 radical (unpaired) electrons. The van der Waals surface area contributed by atoms with Crippen LogP contribution in [0.15, 0.2) is 15.3 Å². The molecule has 2 unspecified atom stereocenters. The first kappa shape index (κ1) is 21.0. The molecule has 0 amide bonds. The number of nitrogens with zero attached hydrogens (tertiary/aromatic N) is 2. The fourth-order valence-corrected chi connectivity index (χ4v) is 6.47. The van der Waals surface area contributed by atoms with Gasteiger partial charge in [0.05, 0.1) is 5.39 Å². The van der Waals surface area contributed by atoms with Gasteiger partial charge in [0.25, 0.3) is 0 Å². The minimum atomic E-state index is -0.222. The molecule has 2 atom stereocenters. The summed E-state index contributed by atoms with van der Waals surface area (Å²) in [5, 5.41) is 12.1. The van der Waals surface area contributed by atoms with Crippen molar-refractivity contribution < 1.29 is 9.52 Å². The molecule has 0 saturated carbocycles. The van der Waals surface area contributed by atoms with Gasteiger partial charge in [0.2, 0.25) is 0 Å². The Kier molecular flexibility index (Phi) is 5.82. The zero-order valence-electron chi connectivity index (χ0n) is 19.1. The summed E-state index contributed by atoms with van der Waals surface area (Å²) in [7, 11) is 2.19. The van der Waals surface area contributed by atoms with Crippen molar-refractivity contribution in [3.8, 4) is 5.75 Å². The van der Waals surface area contributed by atoms with Crippen LogP contribution in [0, 0.1) is 12.8 Å². The largest absolute Gasteiger partial charge is 0.507 e. The molecule has 2 aromatic rings. The predicted molar refractivity (Wildman–Crippen MR) is 124 cm³/mol. The van der Waals surface area contributed by atoms with E-state index in [1.54, 1.807) is 0 Å². The Morgan fingerprint density at radius 1 is 1.10 bits per heavy atom. The van der Waals surface area contributed by atoms with Crippen LogP contribution < -0.4 is 5.63 Å². The standard InChI is InChI=1S/C26H36N2O3/c1-17-14-23-24(19-9-3-4-10-20(19)26(30)31-23)25(29)21(17)16-27(2)15-18-8-7-13-28-12-6-5-11-22(18)28/h14,18,22,29H,3-13,15-16H2,1-2H3. The van der Waals surface area contributed by atoms with E-state index in [0.29, 0.717) is 17.3 Å². The molecule has 1 aliphatic carbocycles. The number of rotatable bonds is 4. The average molecular weight is 425 g/mol. The van der Waals surface area contributed by atoms with Crippen LogP contribution in [0.3, 0.4) is 0 Å². The van der Waals surface area contributed by atoms with Gasteiger partial charge in [0.1, 0.15) is 11.3 Å². The fraction of sp³-hybridized carbons (Fsp3) is 0.654. The van der Waals surface area contributed by atoms with Crippen LogP contribution in [0.4, 0.5) is 0 Å². The molecule has 3 heterocycles. The van der Waals surface area contributed by atoms with Gasteiger partial charge in [-0.05, 0) is 102 Å². The van der Waals surface area contributed by atoms with Gasteiger partial charge in [-0.1, -0.05) is 6.42 Å². The van der Waals surface area contributed by atoms with Crippen LogP contribution in [0.2, 0.25) is 0 Å². The highest BCUT2D eigenvalue weighted by molar-refractivity contribution is 5.89. The Hall–Kier alpha value is -1.85. The van der Waals surface area contributed by atoms with E-state index in [1.165, 1.54) is 45.2 Å². The van der Waals surface area contributed by atoms with Crippen molar-refractivity contribution in [2.75, 3.05) is 26.7 Å². The van der Waals surface area contributed by atoms with E-state index in [1.807, 2.05) is 13.0 Å². The lowest BCUT2D eigenvalue weighted by Gasteiger charge is -2.45. The van der Waals surface area contributed by atoms with Crippen LogP contribution >= 0.6 is 0 Å². The molecular weight excluding hydrogens is 388 g/mol.